The van der Waals surface area contributed by atoms with Crippen molar-refractivity contribution in [1.29, 1.82) is 0 Å². The number of ether oxygens (including phenoxy) is 1. The van der Waals surface area contributed by atoms with Gasteiger partial charge >= 0.3 is 0 Å². The summed E-state index contributed by atoms with van der Waals surface area (Å²) in [5.74, 6) is 1.12. The number of rotatable bonds is 4. The fourth-order valence-corrected chi connectivity index (χ4v) is 4.15. The molecule has 1 saturated heterocycles. The van der Waals surface area contributed by atoms with Gasteiger partial charge in [-0.3, -0.25) is 4.79 Å². The first-order valence-electron chi connectivity index (χ1n) is 9.64. The van der Waals surface area contributed by atoms with Gasteiger partial charge in [-0.05, 0) is 43.9 Å². The zero-order valence-corrected chi connectivity index (χ0v) is 15.7. The van der Waals surface area contributed by atoms with Crippen molar-refractivity contribution in [3.63, 3.8) is 0 Å². The molecule has 6 heteroatoms. The van der Waals surface area contributed by atoms with E-state index < -0.39 is 0 Å². The zero-order valence-electron chi connectivity index (χ0n) is 15.0. The van der Waals surface area contributed by atoms with Crippen LogP contribution in [0.15, 0.2) is 22.6 Å². The van der Waals surface area contributed by atoms with Crippen molar-refractivity contribution >= 4 is 28.6 Å². The second kappa shape index (κ2) is 7.97. The predicted molar refractivity (Wildman–Crippen MR) is 100 cm³/mol. The van der Waals surface area contributed by atoms with Crippen molar-refractivity contribution in [1.82, 2.24) is 9.88 Å². The molecule has 1 amide bonds. The molecule has 0 radical (unpaired) electrons. The van der Waals surface area contributed by atoms with Gasteiger partial charge in [0.25, 0.3) is 0 Å². The number of aromatic nitrogens is 1. The number of hydrogen-bond acceptors (Lipinski definition) is 4. The molecule has 5 nitrogen and oxygen atoms in total. The van der Waals surface area contributed by atoms with E-state index in [0.717, 1.165) is 55.8 Å². The second-order valence-corrected chi connectivity index (χ2v) is 7.83. The van der Waals surface area contributed by atoms with Crippen LogP contribution in [0.1, 0.15) is 56.8 Å². The number of piperidine rings is 1. The largest absolute Gasteiger partial charge is 0.440 e. The molecule has 0 N–H and O–H groups in total. The standard InChI is InChI=1S/C20H25ClN2O3/c21-15-6-7-18-17(12-15)22-20(26-18)14-8-10-23(11-9-14)19(24)13-25-16-4-2-1-3-5-16/h6-7,12,14,16H,1-5,8-11,13H2. The molecule has 1 aliphatic heterocycles. The summed E-state index contributed by atoms with van der Waals surface area (Å²) in [6, 6.07) is 5.49. The van der Waals surface area contributed by atoms with Crippen LogP contribution in [0.25, 0.3) is 11.1 Å². The lowest BCUT2D eigenvalue weighted by atomic mass is 9.96. The molecule has 1 aliphatic carbocycles. The third-order valence-corrected chi connectivity index (χ3v) is 5.79. The molecule has 0 atom stereocenters. The summed E-state index contributed by atoms with van der Waals surface area (Å²) in [6.45, 7) is 1.69. The molecular weight excluding hydrogens is 352 g/mol. The van der Waals surface area contributed by atoms with E-state index in [1.807, 2.05) is 23.1 Å². The Kier molecular flexibility index (Phi) is 5.46. The smallest absolute Gasteiger partial charge is 0.248 e. The molecular formula is C20H25ClN2O3. The number of halogens is 1. The van der Waals surface area contributed by atoms with Crippen LogP contribution < -0.4 is 0 Å². The molecule has 4 rings (SSSR count). The van der Waals surface area contributed by atoms with E-state index in [-0.39, 0.29) is 24.5 Å². The highest BCUT2D eigenvalue weighted by Crippen LogP contribution is 2.31. The highest BCUT2D eigenvalue weighted by atomic mass is 35.5. The normalized spacial score (nSPS) is 20.0. The highest BCUT2D eigenvalue weighted by Gasteiger charge is 2.27. The fourth-order valence-electron chi connectivity index (χ4n) is 3.98. The van der Waals surface area contributed by atoms with Crippen LogP contribution >= 0.6 is 11.6 Å². The average molecular weight is 377 g/mol. The molecule has 1 aromatic carbocycles. The Morgan fingerprint density at radius 2 is 1.96 bits per heavy atom. The monoisotopic (exact) mass is 376 g/mol. The van der Waals surface area contributed by atoms with E-state index >= 15 is 0 Å². The van der Waals surface area contributed by atoms with Gasteiger partial charge in [-0.2, -0.15) is 0 Å². The van der Waals surface area contributed by atoms with Crippen LogP contribution in [0.5, 0.6) is 0 Å². The second-order valence-electron chi connectivity index (χ2n) is 7.39. The Bertz CT molecular complexity index is 762. The maximum absolute atomic E-state index is 12.4. The third-order valence-electron chi connectivity index (χ3n) is 5.56. The number of benzene rings is 1. The summed E-state index contributed by atoms with van der Waals surface area (Å²) in [5, 5.41) is 0.663. The highest BCUT2D eigenvalue weighted by molar-refractivity contribution is 6.31. The summed E-state index contributed by atoms with van der Waals surface area (Å²) < 4.78 is 11.7. The molecule has 26 heavy (non-hydrogen) atoms. The van der Waals surface area contributed by atoms with Crippen molar-refractivity contribution < 1.29 is 13.9 Å². The van der Waals surface area contributed by atoms with Crippen molar-refractivity contribution in [3.05, 3.63) is 29.1 Å². The van der Waals surface area contributed by atoms with Gasteiger partial charge in [0.2, 0.25) is 5.91 Å². The molecule has 0 unspecified atom stereocenters. The molecule has 140 valence electrons. The minimum Gasteiger partial charge on any atom is -0.440 e. The fraction of sp³-hybridized carbons (Fsp3) is 0.600. The summed E-state index contributed by atoms with van der Waals surface area (Å²) in [5.41, 5.74) is 1.57. The van der Waals surface area contributed by atoms with Crippen LogP contribution in [0.4, 0.5) is 0 Å². The Labute approximate surface area is 158 Å². The van der Waals surface area contributed by atoms with E-state index in [1.165, 1.54) is 19.3 Å². The number of hydrogen-bond donors (Lipinski definition) is 0. The SMILES string of the molecule is O=C(COC1CCCCC1)N1CCC(c2nc3cc(Cl)ccc3o2)CC1. The number of carbonyl (C=O) groups is 1. The molecule has 2 fully saturated rings. The van der Waals surface area contributed by atoms with Crippen molar-refractivity contribution in [3.8, 4) is 0 Å². The summed E-state index contributed by atoms with van der Waals surface area (Å²) in [7, 11) is 0. The number of carbonyl (C=O) groups excluding carboxylic acids is 1. The van der Waals surface area contributed by atoms with Crippen molar-refractivity contribution in [2.45, 2.75) is 57.0 Å². The van der Waals surface area contributed by atoms with Gasteiger partial charge in [0.05, 0.1) is 6.10 Å². The molecule has 2 heterocycles. The van der Waals surface area contributed by atoms with Crippen LogP contribution in [-0.4, -0.2) is 41.6 Å². The van der Waals surface area contributed by atoms with Crippen LogP contribution in [0, 0.1) is 0 Å². The molecule has 0 bridgehead atoms. The molecule has 2 aromatic rings. The number of likely N-dealkylation sites (tertiary alicyclic amines) is 1. The van der Waals surface area contributed by atoms with Gasteiger partial charge in [0.1, 0.15) is 12.1 Å². The average Bonchev–Trinajstić information content (AvgIpc) is 3.10. The van der Waals surface area contributed by atoms with Crippen LogP contribution in [-0.2, 0) is 9.53 Å². The van der Waals surface area contributed by atoms with Crippen LogP contribution in [0.3, 0.4) is 0 Å². The first-order valence-corrected chi connectivity index (χ1v) is 10.0. The molecule has 2 aliphatic rings. The van der Waals surface area contributed by atoms with E-state index in [2.05, 4.69) is 4.98 Å². The molecule has 1 saturated carbocycles. The summed E-state index contributed by atoms with van der Waals surface area (Å²) >= 11 is 6.02. The third kappa shape index (κ3) is 4.04. The lowest BCUT2D eigenvalue weighted by molar-refractivity contribution is -0.140. The van der Waals surface area contributed by atoms with Gasteiger partial charge in [-0.1, -0.05) is 30.9 Å². The maximum atomic E-state index is 12.4. The van der Waals surface area contributed by atoms with E-state index in [1.54, 1.807) is 0 Å². The number of nitrogens with zero attached hydrogens (tertiary/aromatic N) is 2. The lowest BCUT2D eigenvalue weighted by Gasteiger charge is -2.31. The number of amides is 1. The minimum atomic E-state index is 0.110. The van der Waals surface area contributed by atoms with Gasteiger partial charge in [0.15, 0.2) is 11.5 Å². The zero-order chi connectivity index (χ0) is 17.9. The van der Waals surface area contributed by atoms with Gasteiger partial charge in [-0.15, -0.1) is 0 Å². The Hall–Kier alpha value is -1.59. The van der Waals surface area contributed by atoms with E-state index in [0.29, 0.717) is 5.02 Å². The van der Waals surface area contributed by atoms with Crippen LogP contribution in [0.2, 0.25) is 5.02 Å². The van der Waals surface area contributed by atoms with E-state index in [9.17, 15) is 4.79 Å². The first-order chi connectivity index (χ1) is 12.7. The van der Waals surface area contributed by atoms with Gasteiger partial charge < -0.3 is 14.1 Å². The lowest BCUT2D eigenvalue weighted by Crippen LogP contribution is -2.40. The first kappa shape index (κ1) is 17.8. The Morgan fingerprint density at radius 1 is 1.19 bits per heavy atom. The predicted octanol–water partition coefficient (Wildman–Crippen LogP) is 4.54. The number of oxazole rings is 1. The quantitative estimate of drug-likeness (QED) is 0.786. The summed E-state index contributed by atoms with van der Waals surface area (Å²) in [4.78, 5) is 18.9. The van der Waals surface area contributed by atoms with Gasteiger partial charge in [-0.25, -0.2) is 4.98 Å². The molecule has 0 spiro atoms. The topological polar surface area (TPSA) is 55.6 Å². The maximum Gasteiger partial charge on any atom is 0.248 e. The van der Waals surface area contributed by atoms with Crippen molar-refractivity contribution in [2.75, 3.05) is 19.7 Å². The molecule has 1 aromatic heterocycles. The Balaban J connectivity index is 1.29. The minimum absolute atomic E-state index is 0.110. The summed E-state index contributed by atoms with van der Waals surface area (Å²) in [6.07, 6.45) is 7.94. The van der Waals surface area contributed by atoms with Crippen molar-refractivity contribution in [2.24, 2.45) is 0 Å². The Morgan fingerprint density at radius 3 is 2.73 bits per heavy atom. The number of fused-ring (bicyclic) bond motifs is 1. The van der Waals surface area contributed by atoms with E-state index in [4.69, 9.17) is 20.8 Å². The van der Waals surface area contributed by atoms with Gasteiger partial charge in [0, 0.05) is 24.0 Å².